The summed E-state index contributed by atoms with van der Waals surface area (Å²) in [5.74, 6) is -0.757. The van der Waals surface area contributed by atoms with E-state index in [2.05, 4.69) is 17.2 Å². The summed E-state index contributed by atoms with van der Waals surface area (Å²) in [6, 6.07) is 0. The molecule has 0 aromatic carbocycles. The van der Waals surface area contributed by atoms with E-state index in [0.29, 0.717) is 6.54 Å². The van der Waals surface area contributed by atoms with Gasteiger partial charge in [-0.1, -0.05) is 76.3 Å². The van der Waals surface area contributed by atoms with Crippen LogP contribution in [0, 0.1) is 0 Å². The van der Waals surface area contributed by atoms with E-state index in [1.807, 2.05) is 13.8 Å². The second kappa shape index (κ2) is 9.23. The zero-order valence-corrected chi connectivity index (χ0v) is 18.9. The van der Waals surface area contributed by atoms with Crippen LogP contribution in [0.15, 0.2) is 0 Å². The molecule has 7 nitrogen and oxygen atoms in total. The number of rotatable bonds is 12. The Bertz CT molecular complexity index is 707. The van der Waals surface area contributed by atoms with E-state index in [-0.39, 0.29) is 6.10 Å². The van der Waals surface area contributed by atoms with Gasteiger partial charge in [0.25, 0.3) is 0 Å². The average Bonchev–Trinajstić information content (AvgIpc) is 3.37. The van der Waals surface area contributed by atoms with Gasteiger partial charge in [0.05, 0.1) is 17.9 Å². The molecule has 0 amide bonds. The van der Waals surface area contributed by atoms with Crippen LogP contribution in [0.4, 0.5) is 0 Å². The van der Waals surface area contributed by atoms with Gasteiger partial charge in [-0.25, -0.2) is 4.68 Å². The van der Waals surface area contributed by atoms with Crippen molar-refractivity contribution in [3.8, 4) is 0 Å². The molecule has 2 fully saturated rings. The van der Waals surface area contributed by atoms with Gasteiger partial charge in [-0.15, -0.1) is 5.10 Å². The van der Waals surface area contributed by atoms with Crippen LogP contribution < -0.4 is 0 Å². The summed E-state index contributed by atoms with van der Waals surface area (Å²) in [7, 11) is 0. The molecule has 0 spiro atoms. The molecule has 1 aromatic rings. The number of hydrogen-bond donors (Lipinski definition) is 1. The van der Waals surface area contributed by atoms with Gasteiger partial charge in [-0.2, -0.15) is 0 Å². The van der Waals surface area contributed by atoms with Gasteiger partial charge in [0, 0.05) is 0 Å². The fourth-order valence-electron chi connectivity index (χ4n) is 5.24. The summed E-state index contributed by atoms with van der Waals surface area (Å²) >= 11 is 0. The highest BCUT2D eigenvalue weighted by Gasteiger charge is 2.68. The minimum Gasteiger partial charge on any atom is -0.378 e. The maximum absolute atomic E-state index is 11.6. The van der Waals surface area contributed by atoms with Crippen LogP contribution >= 0.6 is 0 Å². The molecular weight excluding hydrogens is 382 g/mol. The van der Waals surface area contributed by atoms with Crippen molar-refractivity contribution in [3.63, 3.8) is 0 Å². The maximum Gasteiger partial charge on any atom is 0.191 e. The molecule has 0 unspecified atom stereocenters. The third-order valence-corrected chi connectivity index (χ3v) is 6.82. The first-order valence-electron chi connectivity index (χ1n) is 12.1. The lowest BCUT2D eigenvalue weighted by Gasteiger charge is -2.28. The number of aliphatic hydroxyl groups is 1. The van der Waals surface area contributed by atoms with Crippen LogP contribution in [0.5, 0.6) is 0 Å². The van der Waals surface area contributed by atoms with Crippen molar-refractivity contribution < 1.29 is 19.3 Å². The van der Waals surface area contributed by atoms with Crippen molar-refractivity contribution >= 4 is 0 Å². The SMILES string of the molecule is CCCCCCCCCCCCCc1nnn2c1[C@@]1(O)[C@@H](C2)O[C@@H]2OC(C)(C)O[C@@H]21. The zero-order valence-electron chi connectivity index (χ0n) is 18.9. The van der Waals surface area contributed by atoms with Crippen LogP contribution in [0.3, 0.4) is 0 Å². The summed E-state index contributed by atoms with van der Waals surface area (Å²) in [4.78, 5) is 0. The van der Waals surface area contributed by atoms with Gasteiger partial charge < -0.3 is 19.3 Å². The van der Waals surface area contributed by atoms with Crippen molar-refractivity contribution in [2.75, 3.05) is 0 Å². The van der Waals surface area contributed by atoms with E-state index in [4.69, 9.17) is 14.2 Å². The van der Waals surface area contributed by atoms with Crippen molar-refractivity contribution in [3.05, 3.63) is 11.4 Å². The van der Waals surface area contributed by atoms with Gasteiger partial charge in [-0.3, -0.25) is 0 Å². The molecule has 3 aliphatic rings. The molecule has 3 aliphatic heterocycles. The Morgan fingerprint density at radius 2 is 1.60 bits per heavy atom. The molecule has 0 aliphatic carbocycles. The van der Waals surface area contributed by atoms with E-state index >= 15 is 0 Å². The number of ether oxygens (including phenoxy) is 3. The quantitative estimate of drug-likeness (QED) is 0.509. The highest BCUT2D eigenvalue weighted by Crippen LogP contribution is 2.51. The van der Waals surface area contributed by atoms with Crippen molar-refractivity contribution in [1.82, 2.24) is 15.0 Å². The Hall–Kier alpha value is -1.02. The largest absolute Gasteiger partial charge is 0.378 e. The number of fused-ring (bicyclic) bond motifs is 5. The molecule has 170 valence electrons. The fraction of sp³-hybridized carbons (Fsp3) is 0.913. The Morgan fingerprint density at radius 1 is 0.967 bits per heavy atom. The smallest absolute Gasteiger partial charge is 0.191 e. The molecule has 7 heteroatoms. The van der Waals surface area contributed by atoms with Crippen molar-refractivity contribution in [2.45, 2.75) is 134 Å². The normalized spacial score (nSPS) is 31.1. The van der Waals surface area contributed by atoms with E-state index < -0.39 is 23.8 Å². The van der Waals surface area contributed by atoms with Gasteiger partial charge in [0.1, 0.15) is 12.2 Å². The first kappa shape index (κ1) is 22.2. The molecule has 4 atom stereocenters. The number of hydrogen-bond acceptors (Lipinski definition) is 6. The molecule has 30 heavy (non-hydrogen) atoms. The molecule has 4 rings (SSSR count). The summed E-state index contributed by atoms with van der Waals surface area (Å²) in [6.45, 7) is 6.47. The summed E-state index contributed by atoms with van der Waals surface area (Å²) in [6.07, 6.45) is 13.8. The molecule has 4 heterocycles. The Labute approximate surface area is 180 Å². The second-order valence-electron chi connectivity index (χ2n) is 9.73. The average molecular weight is 422 g/mol. The summed E-state index contributed by atoms with van der Waals surface area (Å²) in [5.41, 5.74) is 0.427. The highest BCUT2D eigenvalue weighted by molar-refractivity contribution is 5.30. The number of nitrogens with zero attached hydrogens (tertiary/aromatic N) is 3. The minimum absolute atomic E-state index is 0.384. The highest BCUT2D eigenvalue weighted by atomic mass is 16.8. The van der Waals surface area contributed by atoms with Crippen LogP contribution in [-0.4, -0.2) is 44.4 Å². The second-order valence-corrected chi connectivity index (χ2v) is 9.73. The Kier molecular flexibility index (Phi) is 6.82. The van der Waals surface area contributed by atoms with Gasteiger partial charge in [-0.05, 0) is 26.7 Å². The summed E-state index contributed by atoms with van der Waals surface area (Å²) < 4.78 is 19.6. The predicted molar refractivity (Wildman–Crippen MR) is 113 cm³/mol. The van der Waals surface area contributed by atoms with Crippen LogP contribution in [-0.2, 0) is 32.8 Å². The lowest BCUT2D eigenvalue weighted by Crippen LogP contribution is -2.44. The molecule has 0 radical (unpaired) electrons. The van der Waals surface area contributed by atoms with Crippen LogP contribution in [0.25, 0.3) is 0 Å². The lowest BCUT2D eigenvalue weighted by atomic mass is 9.89. The minimum atomic E-state index is -1.23. The van der Waals surface area contributed by atoms with E-state index in [0.717, 1.165) is 24.2 Å². The van der Waals surface area contributed by atoms with Gasteiger partial charge >= 0.3 is 0 Å². The fourth-order valence-corrected chi connectivity index (χ4v) is 5.24. The van der Waals surface area contributed by atoms with Crippen molar-refractivity contribution in [2.24, 2.45) is 0 Å². The van der Waals surface area contributed by atoms with E-state index in [1.165, 1.54) is 64.2 Å². The van der Waals surface area contributed by atoms with Crippen LogP contribution in [0.1, 0.15) is 103 Å². The number of unbranched alkanes of at least 4 members (excludes halogenated alkanes) is 10. The third kappa shape index (κ3) is 4.31. The van der Waals surface area contributed by atoms with Gasteiger partial charge in [0.15, 0.2) is 17.7 Å². The van der Waals surface area contributed by atoms with Crippen molar-refractivity contribution in [1.29, 1.82) is 0 Å². The summed E-state index contributed by atoms with van der Waals surface area (Å²) in [5, 5.41) is 20.3. The molecular formula is C23H39N3O4. The van der Waals surface area contributed by atoms with E-state index in [1.54, 1.807) is 4.68 Å². The molecule has 1 aromatic heterocycles. The lowest BCUT2D eigenvalue weighted by molar-refractivity contribution is -0.228. The Balaban J connectivity index is 1.22. The zero-order chi connectivity index (χ0) is 21.2. The monoisotopic (exact) mass is 421 g/mol. The third-order valence-electron chi connectivity index (χ3n) is 6.82. The maximum atomic E-state index is 11.6. The number of aryl methyl sites for hydroxylation is 1. The first-order chi connectivity index (χ1) is 14.5. The topological polar surface area (TPSA) is 78.6 Å². The molecule has 2 saturated heterocycles. The standard InChI is InChI=1S/C23H39N3O4/c1-4-5-6-7-8-9-10-11-12-13-14-15-17-19-23(27)18(16-26(19)25-24-17)28-21-20(23)29-22(2,3)30-21/h18,20-21,27H,4-16H2,1-3H3/t18-,20+,21-,23+/m1/s1. The van der Waals surface area contributed by atoms with E-state index in [9.17, 15) is 5.11 Å². The molecule has 0 bridgehead atoms. The molecule has 0 saturated carbocycles. The van der Waals surface area contributed by atoms with Crippen LogP contribution in [0.2, 0.25) is 0 Å². The first-order valence-corrected chi connectivity index (χ1v) is 12.1. The molecule has 1 N–H and O–H groups in total. The number of aromatic nitrogens is 3. The Morgan fingerprint density at radius 3 is 2.27 bits per heavy atom. The predicted octanol–water partition coefficient (Wildman–Crippen LogP) is 4.21. The van der Waals surface area contributed by atoms with Gasteiger partial charge in [0.2, 0.25) is 0 Å².